The lowest BCUT2D eigenvalue weighted by atomic mass is 9.84. The molecule has 2 fully saturated rings. The molecule has 2 aromatic carbocycles. The van der Waals surface area contributed by atoms with Crippen molar-refractivity contribution in [1.29, 1.82) is 0 Å². The molecule has 1 heterocycles. The fraction of sp³-hybridized carbons (Fsp3) is 0.435. The minimum atomic E-state index is -3.33. The molecule has 4 rings (SSSR count). The lowest BCUT2D eigenvalue weighted by molar-refractivity contribution is -0.139. The van der Waals surface area contributed by atoms with Crippen LogP contribution in [0.15, 0.2) is 54.6 Å². The zero-order chi connectivity index (χ0) is 20.4. The molecule has 1 amide bonds. The van der Waals surface area contributed by atoms with E-state index in [1.165, 1.54) is 6.26 Å². The van der Waals surface area contributed by atoms with Crippen LogP contribution in [0.25, 0.3) is 11.1 Å². The molecule has 1 saturated heterocycles. The first kappa shape index (κ1) is 20.1. The average molecular weight is 413 g/mol. The van der Waals surface area contributed by atoms with Gasteiger partial charge in [-0.1, -0.05) is 61.0 Å². The Balaban J connectivity index is 1.59. The van der Waals surface area contributed by atoms with Crippen molar-refractivity contribution >= 4 is 15.9 Å². The smallest absolute Gasteiger partial charge is 0.225 e. The maximum atomic E-state index is 13.0. The van der Waals surface area contributed by atoms with E-state index in [1.54, 1.807) is 0 Å². The highest BCUT2D eigenvalue weighted by molar-refractivity contribution is 7.88. The molecule has 1 aliphatic heterocycles. The van der Waals surface area contributed by atoms with Gasteiger partial charge in [0, 0.05) is 18.5 Å². The first-order valence-electron chi connectivity index (χ1n) is 10.3. The summed E-state index contributed by atoms with van der Waals surface area (Å²) in [6, 6.07) is 18.1. The maximum Gasteiger partial charge on any atom is 0.225 e. The number of rotatable bonds is 6. The molecule has 6 heteroatoms. The topological polar surface area (TPSA) is 66.5 Å². The Morgan fingerprint density at radius 3 is 2.41 bits per heavy atom. The van der Waals surface area contributed by atoms with Crippen molar-refractivity contribution in [3.63, 3.8) is 0 Å². The minimum Gasteiger partial charge on any atom is -0.337 e. The van der Waals surface area contributed by atoms with E-state index >= 15 is 0 Å². The highest BCUT2D eigenvalue weighted by Gasteiger charge is 2.41. The lowest BCUT2D eigenvalue weighted by Crippen LogP contribution is -2.49. The molecule has 1 N–H and O–H groups in total. The summed E-state index contributed by atoms with van der Waals surface area (Å²) < 4.78 is 26.5. The van der Waals surface area contributed by atoms with Crippen molar-refractivity contribution in [2.24, 2.45) is 5.92 Å². The van der Waals surface area contributed by atoms with Gasteiger partial charge in [-0.15, -0.1) is 0 Å². The molecule has 1 saturated carbocycles. The summed E-state index contributed by atoms with van der Waals surface area (Å²) in [5, 5.41) is 0. The molecule has 0 bridgehead atoms. The summed E-state index contributed by atoms with van der Waals surface area (Å²) in [6.45, 7) is 0.617. The van der Waals surface area contributed by atoms with Crippen LogP contribution in [0.5, 0.6) is 0 Å². The third kappa shape index (κ3) is 4.70. The number of hydrogen-bond acceptors (Lipinski definition) is 3. The monoisotopic (exact) mass is 412 g/mol. The molecular weight excluding hydrogens is 384 g/mol. The van der Waals surface area contributed by atoms with E-state index in [0.29, 0.717) is 19.4 Å². The van der Waals surface area contributed by atoms with Gasteiger partial charge in [-0.25, -0.2) is 13.1 Å². The van der Waals surface area contributed by atoms with Crippen LogP contribution in [0.4, 0.5) is 0 Å². The molecular formula is C23H28N2O3S. The Bertz CT molecular complexity index is 971. The molecule has 29 heavy (non-hydrogen) atoms. The molecule has 1 aliphatic carbocycles. The maximum absolute atomic E-state index is 13.0. The van der Waals surface area contributed by atoms with Gasteiger partial charge in [0.25, 0.3) is 0 Å². The molecule has 2 aromatic rings. The third-order valence-electron chi connectivity index (χ3n) is 6.13. The van der Waals surface area contributed by atoms with Gasteiger partial charge in [0.15, 0.2) is 0 Å². The largest absolute Gasteiger partial charge is 0.337 e. The Kier molecular flexibility index (Phi) is 5.74. The van der Waals surface area contributed by atoms with Crippen molar-refractivity contribution < 1.29 is 13.2 Å². The normalized spacial score (nSPS) is 22.4. The number of carbonyl (C=O) groups is 1. The molecule has 2 atom stereocenters. The Morgan fingerprint density at radius 2 is 1.76 bits per heavy atom. The summed E-state index contributed by atoms with van der Waals surface area (Å²) in [5.74, 6) is 0.309. The fourth-order valence-electron chi connectivity index (χ4n) is 4.43. The van der Waals surface area contributed by atoms with Crippen LogP contribution < -0.4 is 4.72 Å². The zero-order valence-electron chi connectivity index (χ0n) is 16.8. The number of benzene rings is 2. The van der Waals surface area contributed by atoms with Crippen LogP contribution in [0.3, 0.4) is 0 Å². The van der Waals surface area contributed by atoms with Gasteiger partial charge in [0.05, 0.1) is 12.3 Å². The van der Waals surface area contributed by atoms with E-state index in [4.69, 9.17) is 0 Å². The van der Waals surface area contributed by atoms with Crippen molar-refractivity contribution in [1.82, 2.24) is 9.62 Å². The van der Waals surface area contributed by atoms with Crippen molar-refractivity contribution in [3.05, 3.63) is 60.2 Å². The molecule has 2 aliphatic rings. The summed E-state index contributed by atoms with van der Waals surface area (Å²) in [6.07, 6.45) is 5.52. The number of likely N-dealkylation sites (tertiary alicyclic amines) is 1. The number of amides is 1. The van der Waals surface area contributed by atoms with Crippen LogP contribution in [-0.2, 0) is 21.2 Å². The summed E-state index contributed by atoms with van der Waals surface area (Å²) in [7, 11) is -3.33. The van der Waals surface area contributed by atoms with Crippen LogP contribution in [0.2, 0.25) is 0 Å². The molecule has 0 aromatic heterocycles. The van der Waals surface area contributed by atoms with Gasteiger partial charge in [-0.3, -0.25) is 4.79 Å². The Morgan fingerprint density at radius 1 is 1.03 bits per heavy atom. The second-order valence-corrected chi connectivity index (χ2v) is 10.1. The lowest BCUT2D eigenvalue weighted by Gasteiger charge is -2.34. The van der Waals surface area contributed by atoms with Gasteiger partial charge < -0.3 is 4.90 Å². The summed E-state index contributed by atoms with van der Waals surface area (Å²) in [5.41, 5.74) is 3.39. The quantitative estimate of drug-likeness (QED) is 0.792. The van der Waals surface area contributed by atoms with Crippen LogP contribution >= 0.6 is 0 Å². The Labute approximate surface area is 173 Å². The van der Waals surface area contributed by atoms with E-state index in [0.717, 1.165) is 36.0 Å². The van der Waals surface area contributed by atoms with E-state index in [1.807, 2.05) is 29.2 Å². The molecule has 0 radical (unpaired) electrons. The summed E-state index contributed by atoms with van der Waals surface area (Å²) in [4.78, 5) is 14.9. The summed E-state index contributed by atoms with van der Waals surface area (Å²) >= 11 is 0. The van der Waals surface area contributed by atoms with Crippen molar-refractivity contribution in [2.75, 3.05) is 12.8 Å². The second-order valence-electron chi connectivity index (χ2n) is 8.28. The predicted molar refractivity (Wildman–Crippen MR) is 115 cm³/mol. The predicted octanol–water partition coefficient (Wildman–Crippen LogP) is 3.21. The van der Waals surface area contributed by atoms with E-state index in [9.17, 15) is 13.2 Å². The van der Waals surface area contributed by atoms with Crippen molar-refractivity contribution in [3.8, 4) is 11.1 Å². The van der Waals surface area contributed by atoms with E-state index in [2.05, 4.69) is 35.1 Å². The number of nitrogens with one attached hydrogen (secondary N) is 1. The molecule has 5 nitrogen and oxygen atoms in total. The van der Waals surface area contributed by atoms with Gasteiger partial charge in [0.1, 0.15) is 0 Å². The number of sulfonamides is 1. The number of hydrogen-bond donors (Lipinski definition) is 1. The van der Waals surface area contributed by atoms with Crippen LogP contribution in [0.1, 0.15) is 31.2 Å². The molecule has 154 valence electrons. The molecule has 0 unspecified atom stereocenters. The minimum absolute atomic E-state index is 0.116. The number of carbonyl (C=O) groups excluding carboxylic acids is 1. The highest BCUT2D eigenvalue weighted by Crippen LogP contribution is 2.33. The van der Waals surface area contributed by atoms with Gasteiger partial charge in [-0.05, 0) is 42.4 Å². The van der Waals surface area contributed by atoms with E-state index < -0.39 is 10.0 Å². The van der Waals surface area contributed by atoms with Gasteiger partial charge in [0.2, 0.25) is 15.9 Å². The SMILES string of the molecule is CS(=O)(=O)N[C@H]1CCN(C(=O)C2CCC2)[C@H]1Cc1cccc(-c2ccccc2)c1. The fourth-order valence-corrected chi connectivity index (χ4v) is 5.26. The van der Waals surface area contributed by atoms with Crippen LogP contribution in [0, 0.1) is 5.92 Å². The van der Waals surface area contributed by atoms with Crippen molar-refractivity contribution in [2.45, 2.75) is 44.2 Å². The Hall–Kier alpha value is -2.18. The second kappa shape index (κ2) is 8.28. The third-order valence-corrected chi connectivity index (χ3v) is 6.86. The molecule has 0 spiro atoms. The van der Waals surface area contributed by atoms with Gasteiger partial charge >= 0.3 is 0 Å². The first-order chi connectivity index (χ1) is 13.9. The first-order valence-corrected chi connectivity index (χ1v) is 12.2. The van der Waals surface area contributed by atoms with E-state index in [-0.39, 0.29) is 23.9 Å². The highest BCUT2D eigenvalue weighted by atomic mass is 32.2. The standard InChI is InChI=1S/C23H28N2O3S/c1-29(27,28)24-21-13-14-25(23(26)19-10-6-11-19)22(21)16-17-7-5-12-20(15-17)18-8-3-2-4-9-18/h2-5,7-9,12,15,19,21-22,24H,6,10-11,13-14,16H2,1H3/t21-,22-/m0/s1. The zero-order valence-corrected chi connectivity index (χ0v) is 17.6. The van der Waals surface area contributed by atoms with Crippen LogP contribution in [-0.4, -0.2) is 44.1 Å². The average Bonchev–Trinajstić information content (AvgIpc) is 3.02. The van der Waals surface area contributed by atoms with Gasteiger partial charge in [-0.2, -0.15) is 0 Å². The number of nitrogens with zero attached hydrogens (tertiary/aromatic N) is 1.